The van der Waals surface area contributed by atoms with Crippen molar-refractivity contribution in [3.05, 3.63) is 98.3 Å². The maximum absolute atomic E-state index is 13.7. The molecule has 0 spiro atoms. The molecule has 0 aliphatic carbocycles. The molecule has 1 aromatic heterocycles. The summed E-state index contributed by atoms with van der Waals surface area (Å²) in [4.78, 5) is 18.5. The molecule has 0 saturated carbocycles. The number of hydrogen-bond acceptors (Lipinski definition) is 5. The second-order valence-corrected chi connectivity index (χ2v) is 9.83. The zero-order valence-corrected chi connectivity index (χ0v) is 23.3. The first-order chi connectivity index (χ1) is 18.2. The zero-order valence-electron chi connectivity index (χ0n) is 21.8. The van der Waals surface area contributed by atoms with Gasteiger partial charge in [0.2, 0.25) is 0 Å². The molecule has 0 fully saturated rings. The number of aromatic nitrogens is 2. The molecule has 0 aliphatic heterocycles. The van der Waals surface area contributed by atoms with Crippen LogP contribution in [-0.2, 0) is 0 Å². The van der Waals surface area contributed by atoms with Gasteiger partial charge in [0.15, 0.2) is 11.6 Å². The minimum Gasteiger partial charge on any atom is -0.494 e. The number of benzene rings is 3. The topological polar surface area (TPSA) is 65.7 Å². The Morgan fingerprint density at radius 3 is 2.47 bits per heavy atom. The predicted octanol–water partition coefficient (Wildman–Crippen LogP) is 7.65. The van der Waals surface area contributed by atoms with Crippen LogP contribution in [0.5, 0.6) is 11.5 Å². The first-order valence-corrected chi connectivity index (χ1v) is 13.1. The van der Waals surface area contributed by atoms with Crippen LogP contribution in [0.2, 0.25) is 10.0 Å². The number of fused-ring (bicyclic) bond motifs is 1. The van der Waals surface area contributed by atoms with Crippen molar-refractivity contribution >= 4 is 40.3 Å². The Labute approximate surface area is 232 Å². The summed E-state index contributed by atoms with van der Waals surface area (Å²) in [5, 5.41) is 5.68. The molecule has 3 aromatic carbocycles. The van der Waals surface area contributed by atoms with Crippen molar-refractivity contribution in [3.8, 4) is 22.9 Å². The molecule has 4 rings (SSSR count). The molecule has 0 N–H and O–H groups in total. The molecule has 6 nitrogen and oxygen atoms in total. The molecular weight excluding hydrogens is 521 g/mol. The maximum Gasteiger partial charge on any atom is 0.282 e. The number of aryl methyl sites for hydroxylation is 1. The summed E-state index contributed by atoms with van der Waals surface area (Å²) in [5.41, 5.74) is 3.64. The highest BCUT2D eigenvalue weighted by molar-refractivity contribution is 6.37. The van der Waals surface area contributed by atoms with E-state index >= 15 is 0 Å². The van der Waals surface area contributed by atoms with E-state index in [-0.39, 0.29) is 18.1 Å². The third kappa shape index (κ3) is 5.62. The van der Waals surface area contributed by atoms with Crippen molar-refractivity contribution in [1.29, 1.82) is 0 Å². The van der Waals surface area contributed by atoms with E-state index in [0.717, 1.165) is 22.4 Å². The number of halogens is 2. The summed E-state index contributed by atoms with van der Waals surface area (Å²) >= 11 is 12.8. The van der Waals surface area contributed by atoms with Crippen LogP contribution in [0.4, 0.5) is 0 Å². The Morgan fingerprint density at radius 1 is 1.11 bits per heavy atom. The van der Waals surface area contributed by atoms with Crippen LogP contribution in [0.25, 0.3) is 22.3 Å². The van der Waals surface area contributed by atoms with Gasteiger partial charge >= 0.3 is 0 Å². The van der Waals surface area contributed by atoms with E-state index in [0.29, 0.717) is 44.7 Å². The highest BCUT2D eigenvalue weighted by atomic mass is 35.5. The molecular formula is C30H29Cl2N3O3. The summed E-state index contributed by atoms with van der Waals surface area (Å²) in [5.74, 6) is 1.81. The van der Waals surface area contributed by atoms with Crippen molar-refractivity contribution < 1.29 is 9.47 Å². The second-order valence-electron chi connectivity index (χ2n) is 9.02. The van der Waals surface area contributed by atoms with Crippen LogP contribution in [0, 0.1) is 6.92 Å². The SMILES string of the molecule is C=CCOc1c(Cl)cc(C=Nn2c(-c3cc(C(C)C)c(OCC)cc3C)nc3ccccc3c2=O)cc1Cl. The standard InChI is InChI=1S/C30H29Cl2N3O3/c1-6-12-38-28-24(31)14-20(15-25(28)32)17-33-35-29(34-26-11-9-8-10-21(26)30(35)36)23-16-22(18(3)4)27(37-7-2)13-19(23)5/h6,8-11,13-18H,1,7,12H2,2-5H3. The Hall–Kier alpha value is -3.61. The molecule has 0 unspecified atom stereocenters. The Bertz CT molecular complexity index is 1570. The van der Waals surface area contributed by atoms with E-state index in [9.17, 15) is 4.79 Å². The van der Waals surface area contributed by atoms with E-state index in [4.69, 9.17) is 37.7 Å². The lowest BCUT2D eigenvalue weighted by atomic mass is 9.96. The van der Waals surface area contributed by atoms with Crippen LogP contribution < -0.4 is 15.0 Å². The van der Waals surface area contributed by atoms with Crippen molar-refractivity contribution in [2.75, 3.05) is 13.2 Å². The lowest BCUT2D eigenvalue weighted by Gasteiger charge is -2.18. The first kappa shape index (κ1) is 27.4. The van der Waals surface area contributed by atoms with Crippen molar-refractivity contribution in [2.24, 2.45) is 5.10 Å². The summed E-state index contributed by atoms with van der Waals surface area (Å²) in [6, 6.07) is 14.6. The minimum absolute atomic E-state index is 0.200. The smallest absolute Gasteiger partial charge is 0.282 e. The maximum atomic E-state index is 13.7. The van der Waals surface area contributed by atoms with Gasteiger partial charge in [0.25, 0.3) is 5.56 Å². The van der Waals surface area contributed by atoms with Crippen molar-refractivity contribution in [3.63, 3.8) is 0 Å². The molecule has 0 aliphatic rings. The van der Waals surface area contributed by atoms with Gasteiger partial charge in [-0.3, -0.25) is 4.79 Å². The summed E-state index contributed by atoms with van der Waals surface area (Å²) in [6.07, 6.45) is 3.14. The number of rotatable bonds is 9. The lowest BCUT2D eigenvalue weighted by molar-refractivity contribution is 0.335. The van der Waals surface area contributed by atoms with Crippen molar-refractivity contribution in [1.82, 2.24) is 9.66 Å². The third-order valence-electron chi connectivity index (χ3n) is 5.96. The largest absolute Gasteiger partial charge is 0.494 e. The average Bonchev–Trinajstić information content (AvgIpc) is 2.88. The number of para-hydroxylation sites is 1. The quantitative estimate of drug-likeness (QED) is 0.159. The molecule has 1 heterocycles. The van der Waals surface area contributed by atoms with E-state index < -0.39 is 0 Å². The molecule has 38 heavy (non-hydrogen) atoms. The van der Waals surface area contributed by atoms with E-state index in [2.05, 4.69) is 25.5 Å². The van der Waals surface area contributed by atoms with E-state index in [1.165, 1.54) is 10.9 Å². The van der Waals surface area contributed by atoms with Crippen LogP contribution in [0.1, 0.15) is 43.4 Å². The monoisotopic (exact) mass is 549 g/mol. The van der Waals surface area contributed by atoms with Gasteiger partial charge in [-0.15, -0.1) is 0 Å². The molecule has 0 atom stereocenters. The summed E-state index contributed by atoms with van der Waals surface area (Å²) in [6.45, 7) is 12.6. The molecule has 8 heteroatoms. The van der Waals surface area contributed by atoms with Gasteiger partial charge < -0.3 is 9.47 Å². The fourth-order valence-electron chi connectivity index (χ4n) is 4.13. The number of hydrogen-bond donors (Lipinski definition) is 0. The van der Waals surface area contributed by atoms with Gasteiger partial charge in [0.05, 0.1) is 33.8 Å². The first-order valence-electron chi connectivity index (χ1n) is 12.3. The van der Waals surface area contributed by atoms with Crippen molar-refractivity contribution in [2.45, 2.75) is 33.6 Å². The van der Waals surface area contributed by atoms with E-state index in [1.54, 1.807) is 30.3 Å². The minimum atomic E-state index is -0.288. The predicted molar refractivity (Wildman–Crippen MR) is 157 cm³/mol. The van der Waals surface area contributed by atoms with Crippen LogP contribution in [-0.4, -0.2) is 29.1 Å². The number of nitrogens with zero attached hydrogens (tertiary/aromatic N) is 3. The van der Waals surface area contributed by atoms with Gasteiger partial charge in [-0.05, 0) is 72.9 Å². The zero-order chi connectivity index (χ0) is 27.4. The van der Waals surface area contributed by atoms with Crippen LogP contribution in [0.3, 0.4) is 0 Å². The second kappa shape index (κ2) is 11.8. The molecule has 0 amide bonds. The molecule has 4 aromatic rings. The van der Waals surface area contributed by atoms with Crippen LogP contribution in [0.15, 0.2) is 71.1 Å². The Morgan fingerprint density at radius 2 is 1.82 bits per heavy atom. The summed E-state index contributed by atoms with van der Waals surface area (Å²) < 4.78 is 12.8. The lowest BCUT2D eigenvalue weighted by Crippen LogP contribution is -2.21. The number of ether oxygens (including phenoxy) is 2. The van der Waals surface area contributed by atoms with E-state index in [1.807, 2.05) is 38.1 Å². The van der Waals surface area contributed by atoms with Gasteiger partial charge in [-0.25, -0.2) is 4.98 Å². The fraction of sp³-hybridized carbons (Fsp3) is 0.233. The Balaban J connectivity index is 1.91. The molecule has 0 radical (unpaired) electrons. The summed E-state index contributed by atoms with van der Waals surface area (Å²) in [7, 11) is 0. The van der Waals surface area contributed by atoms with Gasteiger partial charge in [-0.2, -0.15) is 9.78 Å². The normalized spacial score (nSPS) is 11.4. The molecule has 0 bridgehead atoms. The average molecular weight is 550 g/mol. The fourth-order valence-corrected chi connectivity index (χ4v) is 4.75. The molecule has 196 valence electrons. The Kier molecular flexibility index (Phi) is 8.55. The van der Waals surface area contributed by atoms with Gasteiger partial charge in [0.1, 0.15) is 12.4 Å². The third-order valence-corrected chi connectivity index (χ3v) is 6.52. The van der Waals surface area contributed by atoms with Gasteiger partial charge in [-0.1, -0.05) is 61.8 Å². The molecule has 0 saturated heterocycles. The van der Waals surface area contributed by atoms with Crippen LogP contribution >= 0.6 is 23.2 Å². The highest BCUT2D eigenvalue weighted by Crippen LogP contribution is 2.35. The van der Waals surface area contributed by atoms with Gasteiger partial charge in [0, 0.05) is 5.56 Å². The highest BCUT2D eigenvalue weighted by Gasteiger charge is 2.18.